The summed E-state index contributed by atoms with van der Waals surface area (Å²) in [4.78, 5) is 46.8. The van der Waals surface area contributed by atoms with Gasteiger partial charge in [0.25, 0.3) is 5.56 Å². The molecule has 9 nitrogen and oxygen atoms in total. The fraction of sp³-hybridized carbons (Fsp3) is 0.371. The molecule has 1 aliphatic heterocycles. The van der Waals surface area contributed by atoms with E-state index in [1.165, 1.54) is 0 Å². The van der Waals surface area contributed by atoms with E-state index < -0.39 is 5.41 Å². The average molecular weight is 596 g/mol. The monoisotopic (exact) mass is 595 g/mol. The summed E-state index contributed by atoms with van der Waals surface area (Å²) < 4.78 is 7.77. The Hall–Kier alpha value is -4.50. The number of ether oxygens (including phenoxy) is 1. The molecule has 2 aromatic heterocycles. The first-order valence-electron chi connectivity index (χ1n) is 15.2. The first kappa shape index (κ1) is 30.9. The van der Waals surface area contributed by atoms with Crippen LogP contribution in [0.15, 0.2) is 71.8 Å². The normalized spacial score (nSPS) is 14.6. The quantitative estimate of drug-likeness (QED) is 0.197. The Balaban J connectivity index is 1.11. The van der Waals surface area contributed by atoms with Gasteiger partial charge in [-0.25, -0.2) is 0 Å². The van der Waals surface area contributed by atoms with Gasteiger partial charge in [0.1, 0.15) is 11.2 Å². The number of carbonyl (C=O) groups is 2. The van der Waals surface area contributed by atoms with Crippen LogP contribution in [-0.2, 0) is 29.1 Å². The van der Waals surface area contributed by atoms with Crippen LogP contribution in [0.4, 0.5) is 11.4 Å². The molecular formula is C35H41N5O4. The van der Waals surface area contributed by atoms with Crippen LogP contribution in [0.3, 0.4) is 0 Å². The number of pyridine rings is 2. The minimum Gasteiger partial charge on any atom is -0.493 e. The molecular weight excluding hydrogens is 554 g/mol. The zero-order valence-electron chi connectivity index (χ0n) is 26.2. The number of nitrogens with zero attached hydrogens (tertiary/aromatic N) is 4. The van der Waals surface area contributed by atoms with E-state index in [1.807, 2.05) is 74.8 Å². The molecule has 0 saturated carbocycles. The van der Waals surface area contributed by atoms with Crippen molar-refractivity contribution >= 4 is 34.0 Å². The molecule has 0 spiro atoms. The maximum Gasteiger partial charge on any atom is 0.258 e. The number of benzene rings is 2. The summed E-state index contributed by atoms with van der Waals surface area (Å²) in [6, 6.07) is 17.6. The Bertz CT molecular complexity index is 1750. The van der Waals surface area contributed by atoms with Crippen molar-refractivity contribution in [3.05, 3.63) is 94.2 Å². The smallest absolute Gasteiger partial charge is 0.258 e. The minimum atomic E-state index is -1.14. The molecule has 0 bridgehead atoms. The van der Waals surface area contributed by atoms with Crippen LogP contribution in [0, 0.1) is 12.3 Å². The third-order valence-electron chi connectivity index (χ3n) is 8.25. The Morgan fingerprint density at radius 1 is 0.955 bits per heavy atom. The Labute approximate surface area is 258 Å². The lowest BCUT2D eigenvalue weighted by atomic mass is 9.90. The van der Waals surface area contributed by atoms with Gasteiger partial charge in [-0.05, 0) is 88.0 Å². The average Bonchev–Trinajstić information content (AvgIpc) is 3.07. The van der Waals surface area contributed by atoms with Gasteiger partial charge < -0.3 is 24.4 Å². The topological polar surface area (TPSA) is 96.8 Å². The maximum absolute atomic E-state index is 13.1. The predicted molar refractivity (Wildman–Crippen MR) is 174 cm³/mol. The van der Waals surface area contributed by atoms with Gasteiger partial charge in [-0.1, -0.05) is 17.7 Å². The molecule has 230 valence electrons. The van der Waals surface area contributed by atoms with Crippen LogP contribution in [0.5, 0.6) is 5.75 Å². The molecule has 3 heterocycles. The molecule has 4 aromatic rings. The Morgan fingerprint density at radius 3 is 2.57 bits per heavy atom. The second kappa shape index (κ2) is 13.0. The summed E-state index contributed by atoms with van der Waals surface area (Å²) in [5.74, 6) is 0.219. The zero-order valence-corrected chi connectivity index (χ0v) is 26.2. The van der Waals surface area contributed by atoms with Gasteiger partial charge in [-0.3, -0.25) is 19.4 Å². The van der Waals surface area contributed by atoms with Gasteiger partial charge in [0.05, 0.1) is 18.0 Å². The van der Waals surface area contributed by atoms with Gasteiger partial charge in [0, 0.05) is 62.6 Å². The van der Waals surface area contributed by atoms with E-state index in [1.54, 1.807) is 35.3 Å². The molecule has 5 rings (SSSR count). The van der Waals surface area contributed by atoms with Gasteiger partial charge in [-0.15, -0.1) is 0 Å². The van der Waals surface area contributed by atoms with E-state index in [0.29, 0.717) is 49.8 Å². The number of carbonyl (C=O) groups excluding carboxylic acids is 2. The minimum absolute atomic E-state index is 0.0274. The summed E-state index contributed by atoms with van der Waals surface area (Å²) in [5.41, 5.74) is 3.42. The molecule has 0 aliphatic carbocycles. The molecule has 0 radical (unpaired) electrons. The second-order valence-corrected chi connectivity index (χ2v) is 11.9. The number of anilines is 2. The third kappa shape index (κ3) is 6.38. The van der Waals surface area contributed by atoms with E-state index in [4.69, 9.17) is 4.74 Å². The van der Waals surface area contributed by atoms with Crippen LogP contribution < -0.4 is 25.4 Å². The van der Waals surface area contributed by atoms with Crippen molar-refractivity contribution in [2.45, 2.75) is 53.6 Å². The fourth-order valence-corrected chi connectivity index (χ4v) is 5.67. The molecule has 0 unspecified atom stereocenters. The lowest BCUT2D eigenvalue weighted by Crippen LogP contribution is -2.47. The highest BCUT2D eigenvalue weighted by molar-refractivity contribution is 6.20. The third-order valence-corrected chi connectivity index (χ3v) is 8.25. The fourth-order valence-electron chi connectivity index (χ4n) is 5.67. The lowest BCUT2D eigenvalue weighted by Gasteiger charge is -2.27. The van der Waals surface area contributed by atoms with Gasteiger partial charge in [0.15, 0.2) is 0 Å². The number of nitrogens with one attached hydrogen (secondary N) is 1. The van der Waals surface area contributed by atoms with Crippen LogP contribution in [0.1, 0.15) is 44.0 Å². The highest BCUT2D eigenvalue weighted by Gasteiger charge is 2.45. The molecule has 1 aliphatic rings. The standard InChI is InChI=1S/C35H41N5O4/c1-6-40-30-11-10-28(22-31(30)38(5)33(42)35(3,4)34(40)43)44-19-7-15-36-23-25-12-16-37-27(21-25)14-18-39-17-13-26-9-8-24(2)20-29(26)32(39)41/h8-13,16-17,20-22,36H,6-7,14-15,18-19,23H2,1-5H3. The number of hydrogen-bond donors (Lipinski definition) is 1. The number of hydrogen-bond acceptors (Lipinski definition) is 6. The summed E-state index contributed by atoms with van der Waals surface area (Å²) >= 11 is 0. The van der Waals surface area contributed by atoms with E-state index in [0.717, 1.165) is 40.6 Å². The Morgan fingerprint density at radius 2 is 1.77 bits per heavy atom. The first-order chi connectivity index (χ1) is 21.1. The number of aryl methyl sites for hydroxylation is 3. The molecule has 0 fully saturated rings. The Kier molecular flexibility index (Phi) is 9.15. The van der Waals surface area contributed by atoms with Gasteiger partial charge >= 0.3 is 0 Å². The van der Waals surface area contributed by atoms with Crippen LogP contribution in [0.25, 0.3) is 10.8 Å². The molecule has 1 N–H and O–H groups in total. The largest absolute Gasteiger partial charge is 0.493 e. The number of aromatic nitrogens is 2. The van der Waals surface area contributed by atoms with Crippen molar-refractivity contribution in [1.29, 1.82) is 0 Å². The van der Waals surface area contributed by atoms with Crippen LogP contribution in [0.2, 0.25) is 0 Å². The van der Waals surface area contributed by atoms with E-state index in [-0.39, 0.29) is 17.4 Å². The molecule has 44 heavy (non-hydrogen) atoms. The number of rotatable bonds is 11. The van der Waals surface area contributed by atoms with Crippen molar-refractivity contribution in [1.82, 2.24) is 14.9 Å². The van der Waals surface area contributed by atoms with Crippen molar-refractivity contribution in [3.8, 4) is 5.75 Å². The molecule has 0 atom stereocenters. The molecule has 9 heteroatoms. The van der Waals surface area contributed by atoms with E-state index >= 15 is 0 Å². The lowest BCUT2D eigenvalue weighted by molar-refractivity contribution is -0.137. The van der Waals surface area contributed by atoms with Gasteiger partial charge in [0.2, 0.25) is 11.8 Å². The van der Waals surface area contributed by atoms with Crippen molar-refractivity contribution in [2.24, 2.45) is 5.41 Å². The highest BCUT2D eigenvalue weighted by atomic mass is 16.5. The summed E-state index contributed by atoms with van der Waals surface area (Å²) in [6.45, 7) is 10.3. The predicted octanol–water partition coefficient (Wildman–Crippen LogP) is 4.86. The molecule has 0 saturated heterocycles. The number of fused-ring (bicyclic) bond motifs is 2. The van der Waals surface area contributed by atoms with E-state index in [2.05, 4.69) is 16.4 Å². The second-order valence-electron chi connectivity index (χ2n) is 11.9. The van der Waals surface area contributed by atoms with Crippen molar-refractivity contribution in [2.75, 3.05) is 36.5 Å². The summed E-state index contributed by atoms with van der Waals surface area (Å²) in [5, 5.41) is 5.17. The van der Waals surface area contributed by atoms with Crippen molar-refractivity contribution in [3.63, 3.8) is 0 Å². The molecule has 2 aromatic carbocycles. The first-order valence-corrected chi connectivity index (χ1v) is 15.2. The maximum atomic E-state index is 13.1. The van der Waals surface area contributed by atoms with Crippen LogP contribution in [-0.4, -0.2) is 48.1 Å². The summed E-state index contributed by atoms with van der Waals surface area (Å²) in [6.07, 6.45) is 5.14. The van der Waals surface area contributed by atoms with Crippen LogP contribution >= 0.6 is 0 Å². The zero-order chi connectivity index (χ0) is 31.4. The van der Waals surface area contributed by atoms with Gasteiger partial charge in [-0.2, -0.15) is 0 Å². The SMILES string of the molecule is CCN1C(=O)C(C)(C)C(=O)N(C)c2cc(OCCCNCc3ccnc(CCn4ccc5ccc(C)cc5c4=O)c3)ccc21. The summed E-state index contributed by atoms with van der Waals surface area (Å²) in [7, 11) is 1.71. The number of amides is 2. The van der Waals surface area contributed by atoms with Crippen molar-refractivity contribution < 1.29 is 14.3 Å². The van der Waals surface area contributed by atoms with E-state index in [9.17, 15) is 14.4 Å². The molecule has 2 amide bonds. The highest BCUT2D eigenvalue weighted by Crippen LogP contribution is 2.40.